The molecule has 0 atom stereocenters. The Kier molecular flexibility index (Phi) is 4.52. The van der Waals surface area contributed by atoms with Crippen molar-refractivity contribution in [2.45, 2.75) is 12.8 Å². The molecule has 4 nitrogen and oxygen atoms in total. The van der Waals surface area contributed by atoms with Gasteiger partial charge in [0, 0.05) is 12.4 Å². The lowest BCUT2D eigenvalue weighted by atomic mass is 10.2. The average Bonchev–Trinajstić information content (AvgIpc) is 2.82. The minimum atomic E-state index is -0.438. The number of halogens is 1. The minimum absolute atomic E-state index is 0.211. The molecule has 0 amide bonds. The molecule has 0 radical (unpaired) electrons. The summed E-state index contributed by atoms with van der Waals surface area (Å²) in [7, 11) is 0. The summed E-state index contributed by atoms with van der Waals surface area (Å²) in [6.45, 7) is 0.367. The predicted octanol–water partition coefficient (Wildman–Crippen LogP) is 3.23. The fraction of sp³-hybridized carbons (Fsp3) is 0.231. The number of nitrogens with zero attached hydrogens (tertiary/aromatic N) is 1. The van der Waals surface area contributed by atoms with Crippen molar-refractivity contribution in [1.82, 2.24) is 4.98 Å². The quantitative estimate of drug-likeness (QED) is 0.628. The average molecular weight is 310 g/mol. The Hall–Kier alpha value is -1.62. The third kappa shape index (κ3) is 3.70. The first-order valence-corrected chi connectivity index (χ1v) is 6.36. The molecule has 0 N–H and O–H groups in total. The highest BCUT2D eigenvalue weighted by Crippen LogP contribution is 2.14. The SMILES string of the molecule is O=C(OCCCc1cccnc1)c1ccc(Br)o1. The zero-order chi connectivity index (χ0) is 12.8. The van der Waals surface area contributed by atoms with E-state index in [0.29, 0.717) is 11.3 Å². The summed E-state index contributed by atoms with van der Waals surface area (Å²) < 4.78 is 10.7. The van der Waals surface area contributed by atoms with Gasteiger partial charge < -0.3 is 9.15 Å². The Morgan fingerprint density at radius 2 is 2.28 bits per heavy atom. The molecule has 0 saturated carbocycles. The van der Waals surface area contributed by atoms with Gasteiger partial charge in [0.05, 0.1) is 6.61 Å². The molecular formula is C13H12BrNO3. The van der Waals surface area contributed by atoms with Gasteiger partial charge in [-0.05, 0) is 52.5 Å². The second-order valence-electron chi connectivity index (χ2n) is 3.70. The highest BCUT2D eigenvalue weighted by Gasteiger charge is 2.11. The molecule has 94 valence electrons. The number of hydrogen-bond donors (Lipinski definition) is 0. The molecule has 0 aromatic carbocycles. The van der Waals surface area contributed by atoms with Crippen LogP contribution >= 0.6 is 15.9 Å². The Bertz CT molecular complexity index is 510. The molecule has 2 aromatic heterocycles. The van der Waals surface area contributed by atoms with Gasteiger partial charge in [0.1, 0.15) is 0 Å². The lowest BCUT2D eigenvalue weighted by Crippen LogP contribution is -2.06. The van der Waals surface area contributed by atoms with Gasteiger partial charge in [-0.2, -0.15) is 0 Å². The van der Waals surface area contributed by atoms with Crippen molar-refractivity contribution >= 4 is 21.9 Å². The maximum absolute atomic E-state index is 11.5. The van der Waals surface area contributed by atoms with Gasteiger partial charge in [0.15, 0.2) is 4.67 Å². The summed E-state index contributed by atoms with van der Waals surface area (Å²) in [6.07, 6.45) is 5.14. The van der Waals surface area contributed by atoms with Gasteiger partial charge in [-0.15, -0.1) is 0 Å². The Morgan fingerprint density at radius 3 is 2.94 bits per heavy atom. The topological polar surface area (TPSA) is 52.3 Å². The Balaban J connectivity index is 1.71. The number of aryl methyl sites for hydroxylation is 1. The number of ether oxygens (including phenoxy) is 1. The smallest absolute Gasteiger partial charge is 0.374 e. The van der Waals surface area contributed by atoms with E-state index in [1.807, 2.05) is 18.3 Å². The van der Waals surface area contributed by atoms with E-state index in [1.165, 1.54) is 0 Å². The van der Waals surface area contributed by atoms with Gasteiger partial charge in [-0.25, -0.2) is 4.79 Å². The fourth-order valence-corrected chi connectivity index (χ4v) is 1.79. The lowest BCUT2D eigenvalue weighted by molar-refractivity contribution is 0.0463. The summed E-state index contributed by atoms with van der Waals surface area (Å²) in [4.78, 5) is 15.5. The molecule has 0 bridgehead atoms. The van der Waals surface area contributed by atoms with E-state index in [2.05, 4.69) is 20.9 Å². The number of hydrogen-bond acceptors (Lipinski definition) is 4. The molecule has 0 unspecified atom stereocenters. The standard InChI is InChI=1S/C13H12BrNO3/c14-12-6-5-11(18-12)13(16)17-8-2-4-10-3-1-7-15-9-10/h1,3,5-7,9H,2,4,8H2. The summed E-state index contributed by atoms with van der Waals surface area (Å²) in [6, 6.07) is 7.12. The van der Waals surface area contributed by atoms with Gasteiger partial charge in [0.2, 0.25) is 5.76 Å². The van der Waals surface area contributed by atoms with Crippen molar-refractivity contribution in [3.63, 3.8) is 0 Å². The first kappa shape index (κ1) is 12.8. The zero-order valence-electron chi connectivity index (χ0n) is 9.64. The maximum atomic E-state index is 11.5. The van der Waals surface area contributed by atoms with Crippen LogP contribution in [-0.4, -0.2) is 17.6 Å². The van der Waals surface area contributed by atoms with Crippen LogP contribution in [0, 0.1) is 0 Å². The third-order valence-corrected chi connectivity index (χ3v) is 2.77. The number of carbonyl (C=O) groups is 1. The van der Waals surface area contributed by atoms with Crippen LogP contribution in [0.2, 0.25) is 0 Å². The second kappa shape index (κ2) is 6.35. The van der Waals surface area contributed by atoms with E-state index >= 15 is 0 Å². The van der Waals surface area contributed by atoms with E-state index in [1.54, 1.807) is 18.3 Å². The number of aromatic nitrogens is 1. The van der Waals surface area contributed by atoms with Gasteiger partial charge in [-0.1, -0.05) is 6.07 Å². The molecule has 2 rings (SSSR count). The van der Waals surface area contributed by atoms with E-state index in [0.717, 1.165) is 18.4 Å². The van der Waals surface area contributed by atoms with E-state index in [-0.39, 0.29) is 5.76 Å². The number of pyridine rings is 1. The monoisotopic (exact) mass is 309 g/mol. The molecule has 0 fully saturated rings. The third-order valence-electron chi connectivity index (χ3n) is 2.34. The fourth-order valence-electron chi connectivity index (χ4n) is 1.48. The highest BCUT2D eigenvalue weighted by molar-refractivity contribution is 9.10. The van der Waals surface area contributed by atoms with Gasteiger partial charge in [-0.3, -0.25) is 4.98 Å². The van der Waals surface area contributed by atoms with Crippen LogP contribution in [0.4, 0.5) is 0 Å². The van der Waals surface area contributed by atoms with Crippen molar-refractivity contribution in [3.8, 4) is 0 Å². The van der Waals surface area contributed by atoms with Gasteiger partial charge in [0.25, 0.3) is 0 Å². The second-order valence-corrected chi connectivity index (χ2v) is 4.49. The highest BCUT2D eigenvalue weighted by atomic mass is 79.9. The summed E-state index contributed by atoms with van der Waals surface area (Å²) >= 11 is 3.13. The van der Waals surface area contributed by atoms with Crippen molar-refractivity contribution in [3.05, 3.63) is 52.7 Å². The molecule has 5 heteroatoms. The molecule has 2 aromatic rings. The molecule has 2 heterocycles. The van der Waals surface area contributed by atoms with Crippen molar-refractivity contribution < 1.29 is 13.9 Å². The van der Waals surface area contributed by atoms with E-state index in [4.69, 9.17) is 9.15 Å². The van der Waals surface area contributed by atoms with Crippen molar-refractivity contribution in [1.29, 1.82) is 0 Å². The molecule has 0 aliphatic rings. The van der Waals surface area contributed by atoms with Crippen LogP contribution in [-0.2, 0) is 11.2 Å². The first-order chi connectivity index (χ1) is 8.75. The molecule has 0 saturated heterocycles. The predicted molar refractivity (Wildman–Crippen MR) is 69.2 cm³/mol. The van der Waals surface area contributed by atoms with Crippen LogP contribution in [0.3, 0.4) is 0 Å². The maximum Gasteiger partial charge on any atom is 0.374 e. The van der Waals surface area contributed by atoms with Crippen LogP contribution < -0.4 is 0 Å². The summed E-state index contributed by atoms with van der Waals surface area (Å²) in [5.41, 5.74) is 1.13. The molecule has 0 aliphatic heterocycles. The zero-order valence-corrected chi connectivity index (χ0v) is 11.2. The number of furan rings is 1. The Morgan fingerprint density at radius 1 is 1.39 bits per heavy atom. The van der Waals surface area contributed by atoms with Crippen LogP contribution in [0.1, 0.15) is 22.5 Å². The van der Waals surface area contributed by atoms with Crippen LogP contribution in [0.5, 0.6) is 0 Å². The van der Waals surface area contributed by atoms with Crippen molar-refractivity contribution in [2.24, 2.45) is 0 Å². The molecule has 0 spiro atoms. The Labute approximate surface area is 113 Å². The molecule has 0 aliphatic carbocycles. The molecular weight excluding hydrogens is 298 g/mol. The number of rotatable bonds is 5. The summed E-state index contributed by atoms with van der Waals surface area (Å²) in [5, 5.41) is 0. The number of esters is 1. The number of carbonyl (C=O) groups excluding carboxylic acids is 1. The lowest BCUT2D eigenvalue weighted by Gasteiger charge is -2.02. The van der Waals surface area contributed by atoms with E-state index in [9.17, 15) is 4.79 Å². The van der Waals surface area contributed by atoms with Crippen molar-refractivity contribution in [2.75, 3.05) is 6.61 Å². The minimum Gasteiger partial charge on any atom is -0.460 e. The molecule has 18 heavy (non-hydrogen) atoms. The van der Waals surface area contributed by atoms with Gasteiger partial charge >= 0.3 is 5.97 Å². The van der Waals surface area contributed by atoms with Crippen LogP contribution in [0.25, 0.3) is 0 Å². The first-order valence-electron chi connectivity index (χ1n) is 5.57. The summed E-state index contributed by atoms with van der Waals surface area (Å²) in [5.74, 6) is -0.227. The van der Waals surface area contributed by atoms with E-state index < -0.39 is 5.97 Å². The normalized spacial score (nSPS) is 10.3. The largest absolute Gasteiger partial charge is 0.460 e. The van der Waals surface area contributed by atoms with Crippen LogP contribution in [0.15, 0.2) is 45.7 Å².